The molecule has 0 unspecified atom stereocenters. The molecule has 0 atom stereocenters. The van der Waals surface area contributed by atoms with E-state index in [2.05, 4.69) is 48.1 Å². The van der Waals surface area contributed by atoms with Crippen molar-refractivity contribution in [3.8, 4) is 0 Å². The van der Waals surface area contributed by atoms with Gasteiger partial charge >= 0.3 is 0 Å². The van der Waals surface area contributed by atoms with Crippen LogP contribution in [0.5, 0.6) is 0 Å². The Hall–Kier alpha value is -1.13. The van der Waals surface area contributed by atoms with Crippen LogP contribution in [0, 0.1) is 0 Å². The molecule has 1 fully saturated rings. The molecule has 4 nitrogen and oxygen atoms in total. The fourth-order valence-electron chi connectivity index (χ4n) is 2.18. The van der Waals surface area contributed by atoms with Gasteiger partial charge in [0.2, 0.25) is 0 Å². The van der Waals surface area contributed by atoms with Crippen LogP contribution in [0.15, 0.2) is 18.3 Å². The van der Waals surface area contributed by atoms with Crippen molar-refractivity contribution in [2.75, 3.05) is 38.2 Å². The first kappa shape index (κ1) is 14.3. The summed E-state index contributed by atoms with van der Waals surface area (Å²) in [4.78, 5) is 6.96. The summed E-state index contributed by atoms with van der Waals surface area (Å²) < 4.78 is 5.35. The van der Waals surface area contributed by atoms with E-state index in [0.717, 1.165) is 50.7 Å². The average molecular weight is 263 g/mol. The Morgan fingerprint density at radius 1 is 1.26 bits per heavy atom. The van der Waals surface area contributed by atoms with E-state index >= 15 is 0 Å². The average Bonchev–Trinajstić information content (AvgIpc) is 2.37. The second-order valence-corrected chi connectivity index (χ2v) is 6.12. The molecule has 0 bridgehead atoms. The van der Waals surface area contributed by atoms with Crippen LogP contribution in [0.25, 0.3) is 0 Å². The molecule has 0 aliphatic carbocycles. The van der Waals surface area contributed by atoms with Gasteiger partial charge in [-0.05, 0) is 32.9 Å². The van der Waals surface area contributed by atoms with Gasteiger partial charge in [-0.25, -0.2) is 0 Å². The van der Waals surface area contributed by atoms with Gasteiger partial charge < -0.3 is 10.1 Å². The minimum atomic E-state index is 0.0804. The lowest BCUT2D eigenvalue weighted by Gasteiger charge is -2.26. The van der Waals surface area contributed by atoms with Gasteiger partial charge in [-0.1, -0.05) is 0 Å². The van der Waals surface area contributed by atoms with Crippen LogP contribution in [0.2, 0.25) is 0 Å². The number of morpholine rings is 1. The van der Waals surface area contributed by atoms with Crippen molar-refractivity contribution >= 4 is 5.69 Å². The number of ether oxygens (including phenoxy) is 1. The smallest absolute Gasteiger partial charge is 0.0594 e. The van der Waals surface area contributed by atoms with Gasteiger partial charge in [-0.15, -0.1) is 0 Å². The number of aromatic nitrogens is 1. The second-order valence-electron chi connectivity index (χ2n) is 6.12. The van der Waals surface area contributed by atoms with Gasteiger partial charge in [-0.2, -0.15) is 0 Å². The zero-order chi connectivity index (χ0) is 13.7. The minimum absolute atomic E-state index is 0.0804. The minimum Gasteiger partial charge on any atom is -0.379 e. The van der Waals surface area contributed by atoms with Crippen molar-refractivity contribution in [1.29, 1.82) is 0 Å². The van der Waals surface area contributed by atoms with Crippen LogP contribution in [0.3, 0.4) is 0 Å². The quantitative estimate of drug-likeness (QED) is 0.903. The Morgan fingerprint density at radius 2 is 2.00 bits per heavy atom. The summed E-state index contributed by atoms with van der Waals surface area (Å²) in [5, 5.41) is 3.42. The molecule has 4 heteroatoms. The zero-order valence-corrected chi connectivity index (χ0v) is 12.3. The number of nitrogens with zero attached hydrogens (tertiary/aromatic N) is 2. The summed E-state index contributed by atoms with van der Waals surface area (Å²) >= 11 is 0. The zero-order valence-electron chi connectivity index (χ0n) is 12.3. The van der Waals surface area contributed by atoms with Crippen molar-refractivity contribution in [2.45, 2.75) is 32.7 Å². The Labute approximate surface area is 116 Å². The summed E-state index contributed by atoms with van der Waals surface area (Å²) in [7, 11) is 0. The number of nitrogens with one attached hydrogen (secondary N) is 1. The predicted molar refractivity (Wildman–Crippen MR) is 78.6 cm³/mol. The predicted octanol–water partition coefficient (Wildman–Crippen LogP) is 2.17. The highest BCUT2D eigenvalue weighted by Crippen LogP contribution is 2.13. The molecular formula is C15H25N3O. The third-order valence-corrected chi connectivity index (χ3v) is 3.13. The maximum Gasteiger partial charge on any atom is 0.0594 e. The fraction of sp³-hybridized carbons (Fsp3) is 0.667. The summed E-state index contributed by atoms with van der Waals surface area (Å²) in [5.41, 5.74) is 2.32. The first-order valence-electron chi connectivity index (χ1n) is 7.06. The molecule has 0 radical (unpaired) electrons. The van der Waals surface area contributed by atoms with Crippen molar-refractivity contribution in [3.05, 3.63) is 24.0 Å². The van der Waals surface area contributed by atoms with Gasteiger partial charge in [0.15, 0.2) is 0 Å². The highest BCUT2D eigenvalue weighted by Gasteiger charge is 2.11. The molecule has 2 heterocycles. The molecule has 106 valence electrons. The van der Waals surface area contributed by atoms with Gasteiger partial charge in [0, 0.05) is 37.3 Å². The Morgan fingerprint density at radius 3 is 2.58 bits per heavy atom. The number of pyridine rings is 1. The maximum atomic E-state index is 5.35. The molecule has 0 saturated carbocycles. The van der Waals surface area contributed by atoms with Crippen LogP contribution >= 0.6 is 0 Å². The van der Waals surface area contributed by atoms with Crippen molar-refractivity contribution in [3.63, 3.8) is 0 Å². The van der Waals surface area contributed by atoms with E-state index in [1.165, 1.54) is 0 Å². The highest BCUT2D eigenvalue weighted by molar-refractivity contribution is 5.43. The Balaban J connectivity index is 1.81. The molecule has 1 N–H and O–H groups in total. The van der Waals surface area contributed by atoms with Crippen LogP contribution in [-0.4, -0.2) is 48.3 Å². The van der Waals surface area contributed by atoms with Gasteiger partial charge in [0.1, 0.15) is 0 Å². The van der Waals surface area contributed by atoms with E-state index in [1.807, 2.05) is 6.20 Å². The molecular weight excluding hydrogens is 238 g/mol. The van der Waals surface area contributed by atoms with E-state index < -0.39 is 0 Å². The SMILES string of the molecule is CC(C)(C)Nc1ccc(CCN2CCOCC2)nc1. The number of hydrogen-bond acceptors (Lipinski definition) is 4. The molecule has 1 aromatic rings. The van der Waals surface area contributed by atoms with Crippen LogP contribution in [0.4, 0.5) is 5.69 Å². The lowest BCUT2D eigenvalue weighted by molar-refractivity contribution is 0.0383. The maximum absolute atomic E-state index is 5.35. The third kappa shape index (κ3) is 5.17. The summed E-state index contributed by atoms with van der Waals surface area (Å²) in [6, 6.07) is 4.24. The van der Waals surface area contributed by atoms with Crippen LogP contribution < -0.4 is 5.32 Å². The van der Waals surface area contributed by atoms with E-state index in [4.69, 9.17) is 4.74 Å². The molecule has 0 amide bonds. The standard InChI is InChI=1S/C15H25N3O/c1-15(2,3)17-14-5-4-13(16-12-14)6-7-18-8-10-19-11-9-18/h4-5,12,17H,6-11H2,1-3H3. The van der Waals surface area contributed by atoms with E-state index in [-0.39, 0.29) is 5.54 Å². The van der Waals surface area contributed by atoms with Crippen molar-refractivity contribution < 1.29 is 4.74 Å². The van der Waals surface area contributed by atoms with Gasteiger partial charge in [0.05, 0.1) is 25.1 Å². The normalized spacial score (nSPS) is 17.4. The van der Waals surface area contributed by atoms with Crippen LogP contribution in [0.1, 0.15) is 26.5 Å². The molecule has 1 aromatic heterocycles. The van der Waals surface area contributed by atoms with Crippen molar-refractivity contribution in [1.82, 2.24) is 9.88 Å². The molecule has 1 aliphatic rings. The lowest BCUT2D eigenvalue weighted by Crippen LogP contribution is -2.37. The Kier molecular flexibility index (Phi) is 4.77. The van der Waals surface area contributed by atoms with Gasteiger partial charge in [-0.3, -0.25) is 9.88 Å². The number of rotatable bonds is 4. The molecule has 0 aromatic carbocycles. The van der Waals surface area contributed by atoms with E-state index in [0.29, 0.717) is 0 Å². The molecule has 0 spiro atoms. The first-order chi connectivity index (χ1) is 9.03. The largest absolute Gasteiger partial charge is 0.379 e. The molecule has 1 aliphatic heterocycles. The summed E-state index contributed by atoms with van der Waals surface area (Å²) in [6.45, 7) is 11.3. The van der Waals surface area contributed by atoms with Crippen LogP contribution in [-0.2, 0) is 11.2 Å². The summed E-state index contributed by atoms with van der Waals surface area (Å²) in [5.74, 6) is 0. The third-order valence-electron chi connectivity index (χ3n) is 3.13. The number of anilines is 1. The monoisotopic (exact) mass is 263 g/mol. The lowest BCUT2D eigenvalue weighted by atomic mass is 10.1. The second kappa shape index (κ2) is 6.35. The highest BCUT2D eigenvalue weighted by atomic mass is 16.5. The summed E-state index contributed by atoms with van der Waals surface area (Å²) in [6.07, 6.45) is 2.94. The molecule has 1 saturated heterocycles. The first-order valence-corrected chi connectivity index (χ1v) is 7.06. The molecule has 19 heavy (non-hydrogen) atoms. The van der Waals surface area contributed by atoms with Gasteiger partial charge in [0.25, 0.3) is 0 Å². The van der Waals surface area contributed by atoms with Crippen molar-refractivity contribution in [2.24, 2.45) is 0 Å². The topological polar surface area (TPSA) is 37.4 Å². The fourth-order valence-corrected chi connectivity index (χ4v) is 2.18. The Bertz CT molecular complexity index is 377. The van der Waals surface area contributed by atoms with E-state index in [9.17, 15) is 0 Å². The van der Waals surface area contributed by atoms with E-state index in [1.54, 1.807) is 0 Å². The molecule has 2 rings (SSSR count). The number of hydrogen-bond donors (Lipinski definition) is 1.